The van der Waals surface area contributed by atoms with Crippen molar-refractivity contribution in [3.63, 3.8) is 0 Å². The van der Waals surface area contributed by atoms with E-state index in [1.165, 1.54) is 6.42 Å². The smallest absolute Gasteiger partial charge is 0.316 e. The maximum absolute atomic E-state index is 5.71. The molecule has 0 radical (unpaired) electrons. The van der Waals surface area contributed by atoms with Gasteiger partial charge in [0.2, 0.25) is 0 Å². The number of hydrogen-bond acceptors (Lipinski definition) is 5. The van der Waals surface area contributed by atoms with Crippen LogP contribution in [0.25, 0.3) is 0 Å². The van der Waals surface area contributed by atoms with Crippen molar-refractivity contribution >= 4 is 0 Å². The summed E-state index contributed by atoms with van der Waals surface area (Å²) < 4.78 is 16.6. The van der Waals surface area contributed by atoms with Gasteiger partial charge in [0.15, 0.2) is 6.29 Å². The maximum Gasteiger partial charge on any atom is 0.316 e. The molecule has 17 heavy (non-hydrogen) atoms. The van der Waals surface area contributed by atoms with Gasteiger partial charge in [0.1, 0.15) is 6.61 Å². The Balaban J connectivity index is 1.68. The number of hydrogen-bond donors (Lipinski definition) is 0. The van der Waals surface area contributed by atoms with Gasteiger partial charge < -0.3 is 14.2 Å². The van der Waals surface area contributed by atoms with Crippen molar-refractivity contribution in [1.82, 2.24) is 9.97 Å². The van der Waals surface area contributed by atoms with Crippen LogP contribution in [0.1, 0.15) is 26.2 Å². The highest BCUT2D eigenvalue weighted by atomic mass is 16.7. The van der Waals surface area contributed by atoms with E-state index in [2.05, 4.69) is 9.97 Å². The highest BCUT2D eigenvalue weighted by Gasteiger charge is 2.17. The summed E-state index contributed by atoms with van der Waals surface area (Å²) in [5, 5.41) is 0. The SMILES string of the molecule is CC(COc1ncccn1)OC1CCCCO1. The normalized spacial score (nSPS) is 22.1. The first kappa shape index (κ1) is 12.3. The Labute approximate surface area is 101 Å². The minimum Gasteiger partial charge on any atom is -0.461 e. The van der Waals surface area contributed by atoms with E-state index in [0.717, 1.165) is 19.4 Å². The Hall–Kier alpha value is -1.20. The lowest BCUT2D eigenvalue weighted by Crippen LogP contribution is -2.29. The Morgan fingerprint density at radius 2 is 2.24 bits per heavy atom. The summed E-state index contributed by atoms with van der Waals surface area (Å²) in [5.41, 5.74) is 0. The molecule has 0 spiro atoms. The van der Waals surface area contributed by atoms with Gasteiger partial charge in [0.25, 0.3) is 0 Å². The first-order chi connectivity index (χ1) is 8.34. The highest BCUT2D eigenvalue weighted by molar-refractivity contribution is 4.93. The minimum atomic E-state index is -0.0842. The topological polar surface area (TPSA) is 53.5 Å². The average molecular weight is 238 g/mol. The molecule has 2 atom stereocenters. The van der Waals surface area contributed by atoms with Gasteiger partial charge in [-0.05, 0) is 32.3 Å². The Kier molecular flexibility index (Phi) is 4.70. The molecule has 1 saturated heterocycles. The molecule has 0 aromatic carbocycles. The van der Waals surface area contributed by atoms with Gasteiger partial charge in [0.05, 0.1) is 6.10 Å². The van der Waals surface area contributed by atoms with Gasteiger partial charge >= 0.3 is 6.01 Å². The summed E-state index contributed by atoms with van der Waals surface area (Å²) in [4.78, 5) is 7.95. The summed E-state index contributed by atoms with van der Waals surface area (Å²) in [6.07, 6.45) is 6.45. The molecule has 0 aliphatic carbocycles. The Morgan fingerprint density at radius 3 is 2.94 bits per heavy atom. The van der Waals surface area contributed by atoms with Crippen LogP contribution in [0.4, 0.5) is 0 Å². The van der Waals surface area contributed by atoms with Crippen molar-refractivity contribution in [1.29, 1.82) is 0 Å². The highest BCUT2D eigenvalue weighted by Crippen LogP contribution is 2.15. The van der Waals surface area contributed by atoms with Crippen LogP contribution in [0.15, 0.2) is 18.5 Å². The number of aromatic nitrogens is 2. The maximum atomic E-state index is 5.71. The van der Waals surface area contributed by atoms with Gasteiger partial charge in [-0.15, -0.1) is 0 Å². The summed E-state index contributed by atoms with van der Waals surface area (Å²) in [6.45, 7) is 3.19. The lowest BCUT2D eigenvalue weighted by Gasteiger charge is -2.25. The lowest BCUT2D eigenvalue weighted by molar-refractivity contribution is -0.189. The zero-order valence-electron chi connectivity index (χ0n) is 10.0. The van der Waals surface area contributed by atoms with Crippen LogP contribution in [0, 0.1) is 0 Å². The minimum absolute atomic E-state index is 0.0260. The lowest BCUT2D eigenvalue weighted by atomic mass is 10.2. The van der Waals surface area contributed by atoms with Gasteiger partial charge in [0, 0.05) is 19.0 Å². The van der Waals surface area contributed by atoms with Crippen molar-refractivity contribution in [2.75, 3.05) is 13.2 Å². The summed E-state index contributed by atoms with van der Waals surface area (Å²) in [5.74, 6) is 0. The Bertz CT molecular complexity index is 315. The van der Waals surface area contributed by atoms with Crippen LogP contribution >= 0.6 is 0 Å². The van der Waals surface area contributed by atoms with E-state index in [1.54, 1.807) is 18.5 Å². The van der Waals surface area contributed by atoms with Gasteiger partial charge in [-0.25, -0.2) is 9.97 Å². The monoisotopic (exact) mass is 238 g/mol. The van der Waals surface area contributed by atoms with Crippen molar-refractivity contribution in [2.45, 2.75) is 38.6 Å². The Morgan fingerprint density at radius 1 is 1.41 bits per heavy atom. The van der Waals surface area contributed by atoms with E-state index >= 15 is 0 Å². The van der Waals surface area contributed by atoms with E-state index in [9.17, 15) is 0 Å². The zero-order valence-corrected chi connectivity index (χ0v) is 10.0. The van der Waals surface area contributed by atoms with E-state index in [-0.39, 0.29) is 12.4 Å². The molecular weight excluding hydrogens is 220 g/mol. The summed E-state index contributed by atoms with van der Waals surface area (Å²) in [7, 11) is 0. The fraction of sp³-hybridized carbons (Fsp3) is 0.667. The fourth-order valence-electron chi connectivity index (χ4n) is 1.67. The third kappa shape index (κ3) is 4.28. The van der Waals surface area contributed by atoms with Crippen LogP contribution in [0.2, 0.25) is 0 Å². The average Bonchev–Trinajstić information content (AvgIpc) is 2.39. The van der Waals surface area contributed by atoms with Crippen LogP contribution in [0.5, 0.6) is 6.01 Å². The van der Waals surface area contributed by atoms with Crippen molar-refractivity contribution in [3.05, 3.63) is 18.5 Å². The van der Waals surface area contributed by atoms with Gasteiger partial charge in [-0.1, -0.05) is 0 Å². The molecule has 0 saturated carbocycles. The van der Waals surface area contributed by atoms with Crippen LogP contribution in [-0.4, -0.2) is 35.6 Å². The van der Waals surface area contributed by atoms with Crippen molar-refractivity contribution in [3.8, 4) is 6.01 Å². The molecule has 5 nitrogen and oxygen atoms in total. The number of ether oxygens (including phenoxy) is 3. The molecule has 1 aliphatic heterocycles. The van der Waals surface area contributed by atoms with Crippen molar-refractivity contribution < 1.29 is 14.2 Å². The molecule has 1 aromatic heterocycles. The van der Waals surface area contributed by atoms with E-state index in [1.807, 2.05) is 6.92 Å². The zero-order chi connectivity index (χ0) is 11.9. The second kappa shape index (κ2) is 6.51. The van der Waals surface area contributed by atoms with Crippen LogP contribution in [-0.2, 0) is 9.47 Å². The fourth-order valence-corrected chi connectivity index (χ4v) is 1.67. The number of rotatable bonds is 5. The largest absolute Gasteiger partial charge is 0.461 e. The first-order valence-corrected chi connectivity index (χ1v) is 6.01. The third-order valence-electron chi connectivity index (χ3n) is 2.51. The molecule has 2 unspecified atom stereocenters. The number of nitrogens with zero attached hydrogens (tertiary/aromatic N) is 2. The quantitative estimate of drug-likeness (QED) is 0.782. The molecule has 2 heterocycles. The summed E-state index contributed by atoms with van der Waals surface area (Å²) >= 11 is 0. The third-order valence-corrected chi connectivity index (χ3v) is 2.51. The van der Waals surface area contributed by atoms with E-state index in [4.69, 9.17) is 14.2 Å². The van der Waals surface area contributed by atoms with Crippen LogP contribution < -0.4 is 4.74 Å². The molecule has 0 N–H and O–H groups in total. The molecule has 1 aliphatic rings. The standard InChI is InChI=1S/C12H18N2O3/c1-10(17-11-5-2-3-8-15-11)9-16-12-13-6-4-7-14-12/h4,6-7,10-11H,2-3,5,8-9H2,1H3. The van der Waals surface area contributed by atoms with Crippen LogP contribution in [0.3, 0.4) is 0 Å². The summed E-state index contributed by atoms with van der Waals surface area (Å²) in [6, 6.07) is 2.13. The van der Waals surface area contributed by atoms with E-state index < -0.39 is 0 Å². The molecule has 1 aromatic rings. The van der Waals surface area contributed by atoms with Crippen molar-refractivity contribution in [2.24, 2.45) is 0 Å². The predicted octanol–water partition coefficient (Wildman–Crippen LogP) is 1.79. The molecule has 0 amide bonds. The second-order valence-corrected chi connectivity index (χ2v) is 4.09. The molecule has 94 valence electrons. The second-order valence-electron chi connectivity index (χ2n) is 4.09. The molecule has 1 fully saturated rings. The van der Waals surface area contributed by atoms with Gasteiger partial charge in [-0.3, -0.25) is 0 Å². The molecule has 5 heteroatoms. The van der Waals surface area contributed by atoms with Gasteiger partial charge in [-0.2, -0.15) is 0 Å². The molecule has 0 bridgehead atoms. The first-order valence-electron chi connectivity index (χ1n) is 6.01. The van der Waals surface area contributed by atoms with E-state index in [0.29, 0.717) is 12.6 Å². The molecule has 2 rings (SSSR count). The predicted molar refractivity (Wildman–Crippen MR) is 61.7 cm³/mol. The molecular formula is C12H18N2O3.